The molecule has 1 aromatic heterocycles. The van der Waals surface area contributed by atoms with Gasteiger partial charge in [-0.15, -0.1) is 0 Å². The standard InChI is InChI=1S/C28H27FN4O3/c1-18-26(19(2)36-32-18)28(35)33(17-22-6-3-5-21(13-22)15-30)16-20-9-11-25(12-10-20)31-27(34)23-7-4-8-24(29)14-23/h3-14H,15-17,30H2,1-2H3,(H,31,34). The van der Waals surface area contributed by atoms with Gasteiger partial charge in [0.15, 0.2) is 0 Å². The highest BCUT2D eigenvalue weighted by Gasteiger charge is 2.24. The minimum Gasteiger partial charge on any atom is -0.361 e. The van der Waals surface area contributed by atoms with Gasteiger partial charge in [0.2, 0.25) is 0 Å². The van der Waals surface area contributed by atoms with E-state index >= 15 is 0 Å². The zero-order valence-corrected chi connectivity index (χ0v) is 20.1. The van der Waals surface area contributed by atoms with E-state index in [4.69, 9.17) is 10.3 Å². The van der Waals surface area contributed by atoms with Crippen LogP contribution in [0.3, 0.4) is 0 Å². The maximum Gasteiger partial charge on any atom is 0.259 e. The molecule has 0 aliphatic heterocycles. The summed E-state index contributed by atoms with van der Waals surface area (Å²) in [4.78, 5) is 27.7. The van der Waals surface area contributed by atoms with E-state index in [2.05, 4.69) is 10.5 Å². The Hall–Kier alpha value is -4.30. The van der Waals surface area contributed by atoms with Gasteiger partial charge >= 0.3 is 0 Å². The van der Waals surface area contributed by atoms with Crippen LogP contribution in [0, 0.1) is 19.7 Å². The fourth-order valence-electron chi connectivity index (χ4n) is 3.97. The SMILES string of the molecule is Cc1noc(C)c1C(=O)N(Cc1ccc(NC(=O)c2cccc(F)c2)cc1)Cc1cccc(CN)c1. The summed E-state index contributed by atoms with van der Waals surface area (Å²) in [5.41, 5.74) is 10.4. The molecule has 0 fully saturated rings. The molecule has 0 radical (unpaired) electrons. The monoisotopic (exact) mass is 486 g/mol. The maximum atomic E-state index is 13.5. The predicted octanol–water partition coefficient (Wildman–Crippen LogP) is 4.98. The second-order valence-electron chi connectivity index (χ2n) is 8.55. The van der Waals surface area contributed by atoms with E-state index in [1.165, 1.54) is 18.2 Å². The zero-order chi connectivity index (χ0) is 25.7. The molecule has 0 aliphatic carbocycles. The summed E-state index contributed by atoms with van der Waals surface area (Å²) in [5, 5.41) is 6.69. The number of aromatic nitrogens is 1. The lowest BCUT2D eigenvalue weighted by molar-refractivity contribution is 0.0727. The van der Waals surface area contributed by atoms with E-state index in [0.29, 0.717) is 42.3 Å². The molecule has 1 heterocycles. The zero-order valence-electron chi connectivity index (χ0n) is 20.1. The van der Waals surface area contributed by atoms with Crippen LogP contribution < -0.4 is 11.1 Å². The van der Waals surface area contributed by atoms with Gasteiger partial charge in [-0.1, -0.05) is 47.6 Å². The lowest BCUT2D eigenvalue weighted by Gasteiger charge is -2.23. The molecule has 4 rings (SSSR count). The number of aryl methyl sites for hydroxylation is 2. The normalized spacial score (nSPS) is 10.8. The van der Waals surface area contributed by atoms with Gasteiger partial charge in [0.1, 0.15) is 17.1 Å². The third kappa shape index (κ3) is 5.84. The maximum absolute atomic E-state index is 13.5. The van der Waals surface area contributed by atoms with Gasteiger partial charge in [-0.3, -0.25) is 9.59 Å². The minimum atomic E-state index is -0.474. The van der Waals surface area contributed by atoms with Gasteiger partial charge in [-0.05, 0) is 60.9 Å². The molecule has 0 unspecified atom stereocenters. The van der Waals surface area contributed by atoms with Crippen LogP contribution in [0.15, 0.2) is 77.3 Å². The fourth-order valence-corrected chi connectivity index (χ4v) is 3.97. The summed E-state index contributed by atoms with van der Waals surface area (Å²) in [6.07, 6.45) is 0. The number of carbonyl (C=O) groups is 2. The Bertz CT molecular complexity index is 1360. The Morgan fingerprint density at radius 1 is 0.944 bits per heavy atom. The van der Waals surface area contributed by atoms with Crippen molar-refractivity contribution in [2.75, 3.05) is 5.32 Å². The molecular formula is C28H27FN4O3. The molecule has 0 saturated heterocycles. The van der Waals surface area contributed by atoms with Crippen molar-refractivity contribution in [3.63, 3.8) is 0 Å². The molecule has 2 amide bonds. The van der Waals surface area contributed by atoms with E-state index in [1.807, 2.05) is 36.4 Å². The first-order valence-corrected chi connectivity index (χ1v) is 11.5. The third-order valence-corrected chi connectivity index (χ3v) is 5.81. The second kappa shape index (κ2) is 11.0. The molecule has 7 nitrogen and oxygen atoms in total. The average Bonchev–Trinajstić information content (AvgIpc) is 3.22. The summed E-state index contributed by atoms with van der Waals surface area (Å²) in [7, 11) is 0. The van der Waals surface area contributed by atoms with E-state index < -0.39 is 11.7 Å². The quantitative estimate of drug-likeness (QED) is 0.366. The van der Waals surface area contributed by atoms with E-state index in [0.717, 1.165) is 16.7 Å². The van der Waals surface area contributed by atoms with Crippen LogP contribution in [-0.2, 0) is 19.6 Å². The smallest absolute Gasteiger partial charge is 0.259 e. The molecule has 0 atom stereocenters. The molecular weight excluding hydrogens is 459 g/mol. The van der Waals surface area contributed by atoms with Crippen molar-refractivity contribution in [1.82, 2.24) is 10.1 Å². The summed E-state index contributed by atoms with van der Waals surface area (Å²) in [6.45, 7) is 4.57. The molecule has 0 bridgehead atoms. The van der Waals surface area contributed by atoms with Gasteiger partial charge < -0.3 is 20.5 Å². The highest BCUT2D eigenvalue weighted by atomic mass is 19.1. The van der Waals surface area contributed by atoms with Gasteiger partial charge in [0.05, 0.1) is 5.69 Å². The summed E-state index contributed by atoms with van der Waals surface area (Å²) >= 11 is 0. The number of nitrogens with one attached hydrogen (secondary N) is 1. The van der Waals surface area contributed by atoms with Crippen LogP contribution in [0.25, 0.3) is 0 Å². The van der Waals surface area contributed by atoms with Gasteiger partial charge in [-0.2, -0.15) is 0 Å². The van der Waals surface area contributed by atoms with Crippen LogP contribution in [0.1, 0.15) is 48.9 Å². The molecule has 4 aromatic rings. The number of hydrogen-bond acceptors (Lipinski definition) is 5. The summed E-state index contributed by atoms with van der Waals surface area (Å²) in [6, 6.07) is 20.5. The van der Waals surface area contributed by atoms with Gasteiger partial charge in [0, 0.05) is 30.9 Å². The summed E-state index contributed by atoms with van der Waals surface area (Å²) < 4.78 is 18.7. The number of hydrogen-bond donors (Lipinski definition) is 2. The number of benzene rings is 3. The van der Waals surface area contributed by atoms with Crippen LogP contribution in [-0.4, -0.2) is 21.9 Å². The molecule has 3 aromatic carbocycles. The van der Waals surface area contributed by atoms with Crippen molar-refractivity contribution in [2.24, 2.45) is 5.73 Å². The van der Waals surface area contributed by atoms with E-state index in [-0.39, 0.29) is 11.5 Å². The molecule has 0 saturated carbocycles. The molecule has 0 spiro atoms. The first kappa shape index (κ1) is 24.8. The first-order valence-electron chi connectivity index (χ1n) is 11.5. The topological polar surface area (TPSA) is 101 Å². The lowest BCUT2D eigenvalue weighted by atomic mass is 10.1. The molecule has 0 aliphatic rings. The summed E-state index contributed by atoms with van der Waals surface area (Å²) in [5.74, 6) is -0.600. The Balaban J connectivity index is 1.54. The number of anilines is 1. The van der Waals surface area contributed by atoms with E-state index in [1.54, 1.807) is 36.9 Å². The largest absolute Gasteiger partial charge is 0.361 e. The number of amides is 2. The van der Waals surface area contributed by atoms with Crippen LogP contribution in [0.4, 0.5) is 10.1 Å². The Labute approximate surface area is 208 Å². The minimum absolute atomic E-state index is 0.187. The third-order valence-electron chi connectivity index (χ3n) is 5.81. The van der Waals surface area contributed by atoms with Crippen molar-refractivity contribution in [3.8, 4) is 0 Å². The number of carbonyl (C=O) groups excluding carboxylic acids is 2. The Kier molecular flexibility index (Phi) is 7.56. The van der Waals surface area contributed by atoms with Crippen molar-refractivity contribution in [3.05, 3.63) is 118 Å². The highest BCUT2D eigenvalue weighted by Crippen LogP contribution is 2.21. The number of nitrogens with two attached hydrogens (primary N) is 1. The number of rotatable bonds is 8. The molecule has 8 heteroatoms. The van der Waals surface area contributed by atoms with Crippen molar-refractivity contribution < 1.29 is 18.5 Å². The Morgan fingerprint density at radius 2 is 1.64 bits per heavy atom. The van der Waals surface area contributed by atoms with Crippen molar-refractivity contribution in [1.29, 1.82) is 0 Å². The van der Waals surface area contributed by atoms with Crippen LogP contribution >= 0.6 is 0 Å². The molecule has 36 heavy (non-hydrogen) atoms. The lowest BCUT2D eigenvalue weighted by Crippen LogP contribution is -2.31. The van der Waals surface area contributed by atoms with Crippen LogP contribution in [0.2, 0.25) is 0 Å². The fraction of sp³-hybridized carbons (Fsp3) is 0.179. The van der Waals surface area contributed by atoms with Gasteiger partial charge in [0.25, 0.3) is 11.8 Å². The molecule has 184 valence electrons. The first-order chi connectivity index (χ1) is 17.3. The predicted molar refractivity (Wildman–Crippen MR) is 135 cm³/mol. The molecule has 3 N–H and O–H groups in total. The van der Waals surface area contributed by atoms with E-state index in [9.17, 15) is 14.0 Å². The number of nitrogens with zero attached hydrogens (tertiary/aromatic N) is 2. The average molecular weight is 487 g/mol. The Morgan fingerprint density at radius 3 is 2.31 bits per heavy atom. The van der Waals surface area contributed by atoms with Crippen LogP contribution in [0.5, 0.6) is 0 Å². The highest BCUT2D eigenvalue weighted by molar-refractivity contribution is 6.04. The second-order valence-corrected chi connectivity index (χ2v) is 8.55. The van der Waals surface area contributed by atoms with Gasteiger partial charge in [-0.25, -0.2) is 4.39 Å². The number of halogens is 1. The van der Waals surface area contributed by atoms with Crippen molar-refractivity contribution >= 4 is 17.5 Å². The van der Waals surface area contributed by atoms with Crippen molar-refractivity contribution in [2.45, 2.75) is 33.5 Å².